The molecule has 0 aliphatic carbocycles. The number of urea groups is 1. The number of amides is 4. The van der Waals surface area contributed by atoms with E-state index in [0.29, 0.717) is 62.9 Å². The Balaban J connectivity index is 1.83. The number of benzene rings is 2. The van der Waals surface area contributed by atoms with Gasteiger partial charge in [-0.15, -0.1) is 0 Å². The van der Waals surface area contributed by atoms with Gasteiger partial charge in [-0.1, -0.05) is 30.3 Å². The number of methoxy groups -OCH3 is 2. The predicted octanol–water partition coefficient (Wildman–Crippen LogP) is 5.43. The second-order valence-corrected chi connectivity index (χ2v) is 12.8. The zero-order valence-corrected chi connectivity index (χ0v) is 28.7. The first-order chi connectivity index (χ1) is 21.9. The average molecular weight is 641 g/mol. The summed E-state index contributed by atoms with van der Waals surface area (Å²) >= 11 is 0. The van der Waals surface area contributed by atoms with E-state index in [1.165, 1.54) is 0 Å². The van der Waals surface area contributed by atoms with Gasteiger partial charge in [0.05, 0.1) is 19.8 Å². The molecule has 11 nitrogen and oxygen atoms in total. The van der Waals surface area contributed by atoms with Gasteiger partial charge in [0.25, 0.3) is 5.91 Å². The Kier molecular flexibility index (Phi) is 13.5. The molecule has 1 fully saturated rings. The van der Waals surface area contributed by atoms with Gasteiger partial charge in [0, 0.05) is 70.4 Å². The summed E-state index contributed by atoms with van der Waals surface area (Å²) in [7, 11) is 3.20. The summed E-state index contributed by atoms with van der Waals surface area (Å²) in [5, 5.41) is 3.18. The van der Waals surface area contributed by atoms with Crippen molar-refractivity contribution in [1.29, 1.82) is 0 Å². The first kappa shape index (κ1) is 36.5. The average Bonchev–Trinajstić information content (AvgIpc) is 3.42. The number of ether oxygens (including phenoxy) is 4. The quantitative estimate of drug-likeness (QED) is 0.274. The van der Waals surface area contributed by atoms with Crippen LogP contribution in [0.5, 0.6) is 11.5 Å². The van der Waals surface area contributed by atoms with E-state index in [2.05, 4.69) is 5.32 Å². The molecule has 1 aliphatic heterocycles. The minimum absolute atomic E-state index is 0.155. The molecule has 254 valence electrons. The molecule has 2 unspecified atom stereocenters. The van der Waals surface area contributed by atoms with Crippen molar-refractivity contribution < 1.29 is 33.3 Å². The molecule has 0 saturated carbocycles. The first-order valence-corrected chi connectivity index (χ1v) is 16.0. The largest absolute Gasteiger partial charge is 0.493 e. The molecule has 2 atom stereocenters. The monoisotopic (exact) mass is 640 g/mol. The summed E-state index contributed by atoms with van der Waals surface area (Å²) in [6.07, 6.45) is 0.249. The molecular formula is C35H52N4O7. The highest BCUT2D eigenvalue weighted by atomic mass is 16.6. The molecule has 2 aromatic rings. The van der Waals surface area contributed by atoms with Crippen molar-refractivity contribution in [3.8, 4) is 11.5 Å². The van der Waals surface area contributed by atoms with Gasteiger partial charge in [-0.2, -0.15) is 0 Å². The van der Waals surface area contributed by atoms with Gasteiger partial charge in [0.15, 0.2) is 11.5 Å². The number of carbonyl (C=O) groups is 3. The zero-order chi connectivity index (χ0) is 33.9. The van der Waals surface area contributed by atoms with Crippen LogP contribution >= 0.6 is 0 Å². The second-order valence-electron chi connectivity index (χ2n) is 12.8. The van der Waals surface area contributed by atoms with E-state index < -0.39 is 17.7 Å². The van der Waals surface area contributed by atoms with E-state index in [1.807, 2.05) is 71.9 Å². The number of hydrogen-bond acceptors (Lipinski definition) is 7. The fraction of sp³-hybridized carbons (Fsp3) is 0.571. The van der Waals surface area contributed by atoms with Crippen molar-refractivity contribution in [2.45, 2.75) is 72.2 Å². The van der Waals surface area contributed by atoms with E-state index in [1.54, 1.807) is 47.1 Å². The Morgan fingerprint density at radius 2 is 1.72 bits per heavy atom. The van der Waals surface area contributed by atoms with Crippen molar-refractivity contribution in [2.24, 2.45) is 5.92 Å². The molecule has 3 rings (SSSR count). The third-order valence-corrected chi connectivity index (χ3v) is 7.76. The Labute approximate surface area is 274 Å². The molecule has 0 radical (unpaired) electrons. The van der Waals surface area contributed by atoms with Crippen LogP contribution < -0.4 is 14.8 Å². The van der Waals surface area contributed by atoms with Gasteiger partial charge in [0.1, 0.15) is 5.60 Å². The molecule has 2 aromatic carbocycles. The third kappa shape index (κ3) is 10.5. The molecule has 4 amide bonds. The van der Waals surface area contributed by atoms with Gasteiger partial charge in [-0.25, -0.2) is 9.59 Å². The smallest absolute Gasteiger partial charge is 0.410 e. The van der Waals surface area contributed by atoms with Crippen LogP contribution in [0.25, 0.3) is 0 Å². The van der Waals surface area contributed by atoms with Crippen LogP contribution in [-0.2, 0) is 16.0 Å². The topological polar surface area (TPSA) is 110 Å². The fourth-order valence-corrected chi connectivity index (χ4v) is 5.33. The van der Waals surface area contributed by atoms with Gasteiger partial charge in [-0.3, -0.25) is 4.79 Å². The lowest BCUT2D eigenvalue weighted by Gasteiger charge is -2.32. The van der Waals surface area contributed by atoms with E-state index in [0.717, 1.165) is 5.56 Å². The lowest BCUT2D eigenvalue weighted by Crippen LogP contribution is -2.50. The van der Waals surface area contributed by atoms with Gasteiger partial charge >= 0.3 is 12.1 Å². The molecular weight excluding hydrogens is 588 g/mol. The maximum absolute atomic E-state index is 14.0. The number of carbonyl (C=O) groups excluding carboxylic acids is 3. The van der Waals surface area contributed by atoms with Crippen LogP contribution in [0, 0.1) is 5.92 Å². The summed E-state index contributed by atoms with van der Waals surface area (Å²) in [5.74, 6) is 0.599. The van der Waals surface area contributed by atoms with Gasteiger partial charge in [-0.05, 0) is 65.3 Å². The normalized spacial score (nSPS) is 16.2. The molecule has 1 aliphatic rings. The van der Waals surface area contributed by atoms with E-state index in [-0.39, 0.29) is 30.4 Å². The molecule has 1 N–H and O–H groups in total. The van der Waals surface area contributed by atoms with Crippen molar-refractivity contribution >= 4 is 18.0 Å². The van der Waals surface area contributed by atoms with Crippen LogP contribution in [0.3, 0.4) is 0 Å². The third-order valence-electron chi connectivity index (χ3n) is 7.76. The minimum Gasteiger partial charge on any atom is -0.493 e. The highest BCUT2D eigenvalue weighted by Gasteiger charge is 2.40. The van der Waals surface area contributed by atoms with E-state index in [4.69, 9.17) is 18.9 Å². The zero-order valence-electron chi connectivity index (χ0n) is 28.7. The SMILES string of the molecule is CCN(Cc1ccccc1)C(=O)NC1CN(C(=O)OC(C)(C)C)CC1CN(C(=O)c1ccc(OC)c(OCCCOC)c1)C(C)C. The molecule has 0 spiro atoms. The van der Waals surface area contributed by atoms with Crippen LogP contribution in [-0.4, -0.2) is 104 Å². The standard InChI is InChI=1S/C35H52N4O7/c1-9-37(21-26-14-11-10-12-15-26)33(41)36-29-24-38(34(42)46-35(4,5)6)22-28(29)23-39(25(2)3)32(40)27-16-17-30(44-8)31(20-27)45-19-13-18-43-7/h10-12,14-17,20,25,28-29H,9,13,18-19,21-24H2,1-8H3,(H,36,41). The van der Waals surface area contributed by atoms with Gasteiger partial charge in [0.2, 0.25) is 0 Å². The summed E-state index contributed by atoms with van der Waals surface area (Å²) in [4.78, 5) is 45.8. The summed E-state index contributed by atoms with van der Waals surface area (Å²) in [6.45, 7) is 14.2. The molecule has 1 saturated heterocycles. The fourth-order valence-electron chi connectivity index (χ4n) is 5.33. The number of nitrogens with zero attached hydrogens (tertiary/aromatic N) is 3. The van der Waals surface area contributed by atoms with Crippen molar-refractivity contribution in [1.82, 2.24) is 20.0 Å². The Morgan fingerprint density at radius 1 is 1.00 bits per heavy atom. The lowest BCUT2D eigenvalue weighted by molar-refractivity contribution is 0.0283. The van der Waals surface area contributed by atoms with Crippen LogP contribution in [0.15, 0.2) is 48.5 Å². The second kappa shape index (κ2) is 17.1. The molecule has 46 heavy (non-hydrogen) atoms. The minimum atomic E-state index is -0.666. The highest BCUT2D eigenvalue weighted by Crippen LogP contribution is 2.30. The van der Waals surface area contributed by atoms with E-state index >= 15 is 0 Å². The maximum Gasteiger partial charge on any atom is 0.410 e. The molecule has 0 bridgehead atoms. The first-order valence-electron chi connectivity index (χ1n) is 16.0. The summed E-state index contributed by atoms with van der Waals surface area (Å²) < 4.78 is 22.2. The Bertz CT molecular complexity index is 1280. The van der Waals surface area contributed by atoms with Crippen LogP contribution in [0.2, 0.25) is 0 Å². The van der Waals surface area contributed by atoms with Crippen molar-refractivity contribution in [2.75, 3.05) is 53.6 Å². The molecule has 0 aromatic heterocycles. The number of likely N-dealkylation sites (tertiary alicyclic amines) is 1. The van der Waals surface area contributed by atoms with Gasteiger partial charge < -0.3 is 39.0 Å². The Morgan fingerprint density at radius 3 is 2.33 bits per heavy atom. The van der Waals surface area contributed by atoms with Crippen LogP contribution in [0.1, 0.15) is 63.9 Å². The molecule has 1 heterocycles. The summed E-state index contributed by atoms with van der Waals surface area (Å²) in [6, 6.07) is 14.2. The van der Waals surface area contributed by atoms with Crippen molar-refractivity contribution in [3.05, 3.63) is 59.7 Å². The predicted molar refractivity (Wildman–Crippen MR) is 177 cm³/mol. The number of nitrogens with one attached hydrogen (secondary N) is 1. The maximum atomic E-state index is 14.0. The lowest BCUT2D eigenvalue weighted by atomic mass is 10.0. The van der Waals surface area contributed by atoms with Crippen molar-refractivity contribution in [3.63, 3.8) is 0 Å². The van der Waals surface area contributed by atoms with E-state index in [9.17, 15) is 14.4 Å². The van der Waals surface area contributed by atoms with Crippen LogP contribution in [0.4, 0.5) is 9.59 Å². The summed E-state index contributed by atoms with van der Waals surface area (Å²) in [5.41, 5.74) is 0.815. The number of rotatable bonds is 14. The highest BCUT2D eigenvalue weighted by molar-refractivity contribution is 5.95. The molecule has 11 heteroatoms. The Hall–Kier alpha value is -3.99. The number of hydrogen-bond donors (Lipinski definition) is 1.